The van der Waals surface area contributed by atoms with Crippen LogP contribution in [-0.4, -0.2) is 23.0 Å². The Morgan fingerprint density at radius 1 is 1.33 bits per heavy atom. The fourth-order valence-electron chi connectivity index (χ4n) is 2.25. The minimum Gasteiger partial charge on any atom is -0.396 e. The fraction of sp³-hybridized carbons (Fsp3) is 0.600. The second-order valence-electron chi connectivity index (χ2n) is 6.06. The number of aliphatic hydroxyl groups is 1. The maximum atomic E-state index is 9.13. The van der Waals surface area contributed by atoms with Gasteiger partial charge in [-0.15, -0.1) is 11.8 Å². The summed E-state index contributed by atoms with van der Waals surface area (Å²) in [7, 11) is 0. The number of nitrogens with one attached hydrogen (secondary N) is 1. The third-order valence-electron chi connectivity index (χ3n) is 3.48. The standard InChI is InChI=1S/C15H23NOS/c1-10-13(7-8-17)18-14-9-11(15(2,3)4)5-6-12(14)16-10/h5-6,9-10,13,16-17H,7-8H2,1-4H3. The van der Waals surface area contributed by atoms with Crippen molar-refractivity contribution in [2.75, 3.05) is 11.9 Å². The van der Waals surface area contributed by atoms with E-state index in [-0.39, 0.29) is 12.0 Å². The Morgan fingerprint density at radius 3 is 2.67 bits per heavy atom. The maximum absolute atomic E-state index is 9.13. The molecular formula is C15H23NOS. The van der Waals surface area contributed by atoms with Crippen molar-refractivity contribution in [1.29, 1.82) is 0 Å². The third kappa shape index (κ3) is 2.83. The zero-order valence-electron chi connectivity index (χ0n) is 11.7. The van der Waals surface area contributed by atoms with Crippen LogP contribution in [-0.2, 0) is 5.41 Å². The fourth-order valence-corrected chi connectivity index (χ4v) is 3.52. The second kappa shape index (κ2) is 5.14. The smallest absolute Gasteiger partial charge is 0.0481 e. The van der Waals surface area contributed by atoms with Crippen LogP contribution in [0.4, 0.5) is 5.69 Å². The van der Waals surface area contributed by atoms with Crippen LogP contribution in [0.3, 0.4) is 0 Å². The van der Waals surface area contributed by atoms with E-state index in [2.05, 4.69) is 51.2 Å². The van der Waals surface area contributed by atoms with Crippen LogP contribution in [0.1, 0.15) is 39.7 Å². The highest BCUT2D eigenvalue weighted by Crippen LogP contribution is 2.41. The summed E-state index contributed by atoms with van der Waals surface area (Å²) in [5, 5.41) is 13.1. The molecule has 3 heteroatoms. The molecule has 0 aliphatic carbocycles. The Kier molecular flexibility index (Phi) is 3.93. The molecular weight excluding hydrogens is 242 g/mol. The Bertz CT molecular complexity index is 425. The number of fused-ring (bicyclic) bond motifs is 1. The molecule has 0 bridgehead atoms. The SMILES string of the molecule is CC1Nc2ccc(C(C)(C)C)cc2SC1CCO. The van der Waals surface area contributed by atoms with E-state index >= 15 is 0 Å². The van der Waals surface area contributed by atoms with E-state index in [4.69, 9.17) is 5.11 Å². The molecule has 1 heterocycles. The highest BCUT2D eigenvalue weighted by molar-refractivity contribution is 8.00. The van der Waals surface area contributed by atoms with Crippen LogP contribution >= 0.6 is 11.8 Å². The van der Waals surface area contributed by atoms with Gasteiger partial charge >= 0.3 is 0 Å². The first-order valence-corrected chi connectivity index (χ1v) is 7.48. The van der Waals surface area contributed by atoms with Crippen LogP contribution in [0.15, 0.2) is 23.1 Å². The largest absolute Gasteiger partial charge is 0.396 e. The van der Waals surface area contributed by atoms with Gasteiger partial charge < -0.3 is 10.4 Å². The number of hydrogen-bond donors (Lipinski definition) is 2. The summed E-state index contributed by atoms with van der Waals surface area (Å²) in [5.74, 6) is 0. The van der Waals surface area contributed by atoms with Gasteiger partial charge in [0.1, 0.15) is 0 Å². The van der Waals surface area contributed by atoms with E-state index < -0.39 is 0 Å². The van der Waals surface area contributed by atoms with Crippen LogP contribution < -0.4 is 5.32 Å². The third-order valence-corrected chi connectivity index (χ3v) is 5.02. The van der Waals surface area contributed by atoms with E-state index in [9.17, 15) is 0 Å². The lowest BCUT2D eigenvalue weighted by Crippen LogP contribution is -2.32. The quantitative estimate of drug-likeness (QED) is 0.856. The summed E-state index contributed by atoms with van der Waals surface area (Å²) >= 11 is 1.90. The number of aliphatic hydroxyl groups excluding tert-OH is 1. The molecule has 0 saturated heterocycles. The zero-order chi connectivity index (χ0) is 13.3. The van der Waals surface area contributed by atoms with Crippen LogP contribution in [0.5, 0.6) is 0 Å². The second-order valence-corrected chi connectivity index (χ2v) is 7.34. The van der Waals surface area contributed by atoms with Crippen molar-refractivity contribution < 1.29 is 5.11 Å². The summed E-state index contributed by atoms with van der Waals surface area (Å²) in [6.45, 7) is 9.17. The van der Waals surface area contributed by atoms with Crippen LogP contribution in [0.25, 0.3) is 0 Å². The molecule has 0 spiro atoms. The first-order chi connectivity index (χ1) is 8.41. The van der Waals surface area contributed by atoms with Gasteiger partial charge in [-0.3, -0.25) is 0 Å². The van der Waals surface area contributed by atoms with Crippen molar-refractivity contribution in [1.82, 2.24) is 0 Å². The summed E-state index contributed by atoms with van der Waals surface area (Å²) < 4.78 is 0. The molecule has 0 saturated carbocycles. The highest BCUT2D eigenvalue weighted by Gasteiger charge is 2.26. The summed E-state index contributed by atoms with van der Waals surface area (Å²) in [4.78, 5) is 1.32. The lowest BCUT2D eigenvalue weighted by Gasteiger charge is -2.33. The monoisotopic (exact) mass is 265 g/mol. The molecule has 100 valence electrons. The first-order valence-electron chi connectivity index (χ1n) is 6.60. The number of anilines is 1. The molecule has 1 aliphatic rings. The molecule has 2 rings (SSSR count). The normalized spacial score (nSPS) is 23.4. The molecule has 2 nitrogen and oxygen atoms in total. The molecule has 0 amide bonds. The predicted molar refractivity (Wildman–Crippen MR) is 79.6 cm³/mol. The Hall–Kier alpha value is -0.670. The first kappa shape index (κ1) is 13.8. The van der Waals surface area contributed by atoms with Crippen LogP contribution in [0, 0.1) is 0 Å². The van der Waals surface area contributed by atoms with Crippen molar-refractivity contribution in [3.8, 4) is 0 Å². The van der Waals surface area contributed by atoms with Crippen LogP contribution in [0.2, 0.25) is 0 Å². The van der Waals surface area contributed by atoms with E-state index in [1.807, 2.05) is 11.8 Å². The van der Waals surface area contributed by atoms with Gasteiger partial charge in [0.15, 0.2) is 0 Å². The van der Waals surface area contributed by atoms with Gasteiger partial charge in [0, 0.05) is 28.5 Å². The molecule has 1 aliphatic heterocycles. The Labute approximate surface area is 114 Å². The van der Waals surface area contributed by atoms with E-state index in [1.54, 1.807) is 0 Å². The van der Waals surface area contributed by atoms with Gasteiger partial charge in [-0.2, -0.15) is 0 Å². The van der Waals surface area contributed by atoms with Gasteiger partial charge in [-0.25, -0.2) is 0 Å². The molecule has 1 aromatic rings. The van der Waals surface area contributed by atoms with Gasteiger partial charge in [0.05, 0.1) is 0 Å². The average molecular weight is 265 g/mol. The van der Waals surface area contributed by atoms with Gasteiger partial charge in [-0.05, 0) is 36.5 Å². The lowest BCUT2D eigenvalue weighted by atomic mass is 9.87. The molecule has 0 aromatic heterocycles. The highest BCUT2D eigenvalue weighted by atomic mass is 32.2. The summed E-state index contributed by atoms with van der Waals surface area (Å²) in [6.07, 6.45) is 0.845. The summed E-state index contributed by atoms with van der Waals surface area (Å²) in [5.41, 5.74) is 2.79. The zero-order valence-corrected chi connectivity index (χ0v) is 12.5. The van der Waals surface area contributed by atoms with E-state index in [0.717, 1.165) is 6.42 Å². The van der Waals surface area contributed by atoms with Crippen molar-refractivity contribution in [3.63, 3.8) is 0 Å². The molecule has 2 unspecified atom stereocenters. The topological polar surface area (TPSA) is 32.3 Å². The number of rotatable bonds is 2. The maximum Gasteiger partial charge on any atom is 0.0481 e. The Morgan fingerprint density at radius 2 is 2.06 bits per heavy atom. The molecule has 18 heavy (non-hydrogen) atoms. The number of thioether (sulfide) groups is 1. The van der Waals surface area contributed by atoms with Gasteiger partial charge in [-0.1, -0.05) is 26.8 Å². The van der Waals surface area contributed by atoms with Crippen molar-refractivity contribution in [2.45, 2.75) is 55.7 Å². The van der Waals surface area contributed by atoms with Crippen molar-refractivity contribution in [2.24, 2.45) is 0 Å². The minimum atomic E-state index is 0.186. The van der Waals surface area contributed by atoms with E-state index in [1.165, 1.54) is 16.1 Å². The number of benzene rings is 1. The molecule has 0 fully saturated rings. The Balaban J connectivity index is 2.28. The van der Waals surface area contributed by atoms with Crippen molar-refractivity contribution in [3.05, 3.63) is 23.8 Å². The molecule has 2 N–H and O–H groups in total. The molecule has 2 atom stereocenters. The van der Waals surface area contributed by atoms with Crippen molar-refractivity contribution >= 4 is 17.4 Å². The van der Waals surface area contributed by atoms with Gasteiger partial charge in [0.2, 0.25) is 0 Å². The average Bonchev–Trinajstić information content (AvgIpc) is 2.28. The van der Waals surface area contributed by atoms with Gasteiger partial charge in [0.25, 0.3) is 0 Å². The number of hydrogen-bond acceptors (Lipinski definition) is 3. The molecule has 1 aromatic carbocycles. The summed E-state index contributed by atoms with van der Waals surface area (Å²) in [6, 6.07) is 7.11. The minimum absolute atomic E-state index is 0.186. The predicted octanol–water partition coefficient (Wildman–Crippen LogP) is 3.64. The molecule has 0 radical (unpaired) electrons. The lowest BCUT2D eigenvalue weighted by molar-refractivity contribution is 0.284. The van der Waals surface area contributed by atoms with E-state index in [0.29, 0.717) is 11.3 Å².